The van der Waals surface area contributed by atoms with E-state index in [0.717, 1.165) is 15.9 Å². The van der Waals surface area contributed by atoms with Crippen LogP contribution in [-0.2, 0) is 0 Å². The highest BCUT2D eigenvalue weighted by Crippen LogP contribution is 2.28. The molecule has 0 saturated heterocycles. The van der Waals surface area contributed by atoms with Crippen molar-refractivity contribution in [1.82, 2.24) is 14.8 Å². The minimum Gasteiger partial charge on any atom is -0.298 e. The Morgan fingerprint density at radius 3 is 2.43 bits per heavy atom. The Kier molecular flexibility index (Phi) is 4.57. The Bertz CT molecular complexity index is 1310. The number of nitrogens with one attached hydrogen (secondary N) is 1. The summed E-state index contributed by atoms with van der Waals surface area (Å²) < 4.78 is 16.0. The minimum absolute atomic E-state index is 0.324. The van der Waals surface area contributed by atoms with Gasteiger partial charge in [-0.05, 0) is 48.5 Å². The van der Waals surface area contributed by atoms with Gasteiger partial charge in [0.05, 0.1) is 21.5 Å². The van der Waals surface area contributed by atoms with Crippen LogP contribution in [0.1, 0.15) is 10.4 Å². The summed E-state index contributed by atoms with van der Waals surface area (Å²) >= 11 is 1.41. The van der Waals surface area contributed by atoms with Crippen molar-refractivity contribution >= 4 is 32.6 Å². The van der Waals surface area contributed by atoms with E-state index < -0.39 is 0 Å². The van der Waals surface area contributed by atoms with Crippen molar-refractivity contribution in [3.8, 4) is 16.9 Å². The Morgan fingerprint density at radius 1 is 0.933 bits per heavy atom. The number of para-hydroxylation sites is 2. The number of rotatable bonds is 4. The summed E-state index contributed by atoms with van der Waals surface area (Å²) in [6.07, 6.45) is 1.68. The summed E-state index contributed by atoms with van der Waals surface area (Å²) in [5.41, 5.74) is 3.15. The van der Waals surface area contributed by atoms with Crippen molar-refractivity contribution in [2.45, 2.75) is 0 Å². The lowest BCUT2D eigenvalue weighted by Crippen LogP contribution is -2.12. The van der Waals surface area contributed by atoms with E-state index in [-0.39, 0.29) is 11.7 Å². The fraction of sp³-hybridized carbons (Fsp3) is 0. The van der Waals surface area contributed by atoms with E-state index in [1.165, 1.54) is 23.5 Å². The highest BCUT2D eigenvalue weighted by atomic mass is 32.1. The number of hydrogen-bond acceptors (Lipinski definition) is 4. The number of benzene rings is 3. The maximum atomic E-state index is 13.4. The Labute approximate surface area is 175 Å². The van der Waals surface area contributed by atoms with Gasteiger partial charge >= 0.3 is 0 Å². The van der Waals surface area contributed by atoms with Crippen LogP contribution in [0.2, 0.25) is 0 Å². The van der Waals surface area contributed by atoms with Gasteiger partial charge in [-0.15, -0.1) is 0 Å². The molecule has 0 radical (unpaired) electrons. The number of carbonyl (C=O) groups is 1. The molecule has 5 rings (SSSR count). The van der Waals surface area contributed by atoms with E-state index in [2.05, 4.69) is 15.4 Å². The zero-order valence-corrected chi connectivity index (χ0v) is 16.4. The standard InChI is InChI=1S/C23H15FN4OS/c24-16-12-10-15(11-13-16)21-18(14-28(27-21)17-6-2-1-3-7-17)22(29)26-23-25-19-8-4-5-9-20(19)30-23/h1-14H,(H,25,26,29). The number of halogens is 1. The second-order valence-electron chi connectivity index (χ2n) is 6.62. The average Bonchev–Trinajstić information content (AvgIpc) is 3.39. The smallest absolute Gasteiger partial charge is 0.261 e. The highest BCUT2D eigenvalue weighted by Gasteiger charge is 2.20. The molecule has 5 nitrogen and oxygen atoms in total. The first-order chi connectivity index (χ1) is 14.7. The molecule has 2 aromatic heterocycles. The minimum atomic E-state index is -0.346. The Balaban J connectivity index is 1.55. The van der Waals surface area contributed by atoms with Crippen LogP contribution in [-0.4, -0.2) is 20.7 Å². The molecule has 0 aliphatic carbocycles. The number of amides is 1. The summed E-state index contributed by atoms with van der Waals surface area (Å²) in [6.45, 7) is 0. The monoisotopic (exact) mass is 414 g/mol. The van der Waals surface area contributed by atoms with Crippen LogP contribution in [0, 0.1) is 5.82 Å². The fourth-order valence-corrected chi connectivity index (χ4v) is 4.03. The van der Waals surface area contributed by atoms with Crippen molar-refractivity contribution < 1.29 is 9.18 Å². The van der Waals surface area contributed by atoms with Crippen molar-refractivity contribution in [3.63, 3.8) is 0 Å². The molecule has 0 saturated carbocycles. The van der Waals surface area contributed by atoms with Crippen LogP contribution in [0.15, 0.2) is 85.1 Å². The first-order valence-electron chi connectivity index (χ1n) is 9.25. The third kappa shape index (κ3) is 3.46. The molecule has 0 bridgehead atoms. The third-order valence-corrected chi connectivity index (χ3v) is 5.56. The first kappa shape index (κ1) is 18.2. The zero-order chi connectivity index (χ0) is 20.5. The molecule has 0 unspecified atom stereocenters. The van der Waals surface area contributed by atoms with E-state index in [9.17, 15) is 9.18 Å². The average molecular weight is 414 g/mol. The van der Waals surface area contributed by atoms with Gasteiger partial charge in [0.1, 0.15) is 11.5 Å². The number of nitrogens with zero attached hydrogens (tertiary/aromatic N) is 3. The number of aromatic nitrogens is 3. The summed E-state index contributed by atoms with van der Waals surface area (Å²) in [6, 6.07) is 23.1. The van der Waals surface area contributed by atoms with Crippen LogP contribution < -0.4 is 5.32 Å². The number of thiazole rings is 1. The van der Waals surface area contributed by atoms with Gasteiger partial charge in [-0.25, -0.2) is 14.1 Å². The predicted octanol–water partition coefficient (Wildman–Crippen LogP) is 5.54. The van der Waals surface area contributed by atoms with Crippen molar-refractivity contribution in [1.29, 1.82) is 0 Å². The second-order valence-corrected chi connectivity index (χ2v) is 7.65. The largest absolute Gasteiger partial charge is 0.298 e. The van der Waals surface area contributed by atoms with Crippen LogP contribution in [0.25, 0.3) is 27.2 Å². The van der Waals surface area contributed by atoms with Crippen molar-refractivity contribution in [2.24, 2.45) is 0 Å². The molecule has 3 aromatic carbocycles. The third-order valence-electron chi connectivity index (χ3n) is 4.61. The lowest BCUT2D eigenvalue weighted by molar-refractivity contribution is 0.102. The van der Waals surface area contributed by atoms with E-state index in [1.54, 1.807) is 23.0 Å². The fourth-order valence-electron chi connectivity index (χ4n) is 3.16. The molecule has 7 heteroatoms. The van der Waals surface area contributed by atoms with Crippen LogP contribution in [0.3, 0.4) is 0 Å². The Morgan fingerprint density at radius 2 is 1.67 bits per heavy atom. The molecule has 146 valence electrons. The highest BCUT2D eigenvalue weighted by molar-refractivity contribution is 7.22. The summed E-state index contributed by atoms with van der Waals surface area (Å²) in [5, 5.41) is 7.99. The molecule has 0 aliphatic heterocycles. The number of fused-ring (bicyclic) bond motifs is 1. The lowest BCUT2D eigenvalue weighted by Gasteiger charge is -2.02. The quantitative estimate of drug-likeness (QED) is 0.420. The van der Waals surface area contributed by atoms with E-state index in [0.29, 0.717) is 22.0 Å². The van der Waals surface area contributed by atoms with Gasteiger partial charge in [-0.3, -0.25) is 10.1 Å². The first-order valence-corrected chi connectivity index (χ1v) is 10.1. The topological polar surface area (TPSA) is 59.8 Å². The molecular weight excluding hydrogens is 399 g/mol. The Hall–Kier alpha value is -3.84. The molecule has 30 heavy (non-hydrogen) atoms. The number of anilines is 1. The zero-order valence-electron chi connectivity index (χ0n) is 15.6. The van der Waals surface area contributed by atoms with Gasteiger partial charge in [-0.1, -0.05) is 41.7 Å². The van der Waals surface area contributed by atoms with E-state index in [1.807, 2.05) is 54.6 Å². The van der Waals surface area contributed by atoms with Gasteiger partial charge in [-0.2, -0.15) is 5.10 Å². The normalized spacial score (nSPS) is 11.0. The summed E-state index contributed by atoms with van der Waals surface area (Å²) in [4.78, 5) is 17.6. The molecule has 0 aliphatic rings. The maximum Gasteiger partial charge on any atom is 0.261 e. The molecule has 5 aromatic rings. The number of hydrogen-bond donors (Lipinski definition) is 1. The maximum absolute atomic E-state index is 13.4. The van der Waals surface area contributed by atoms with Gasteiger partial charge < -0.3 is 0 Å². The van der Waals surface area contributed by atoms with Gasteiger partial charge in [0.15, 0.2) is 5.13 Å². The van der Waals surface area contributed by atoms with E-state index >= 15 is 0 Å². The van der Waals surface area contributed by atoms with Crippen molar-refractivity contribution in [3.05, 3.63) is 96.4 Å². The van der Waals surface area contributed by atoms with Crippen LogP contribution in [0.4, 0.5) is 9.52 Å². The molecule has 0 atom stereocenters. The predicted molar refractivity (Wildman–Crippen MR) is 117 cm³/mol. The van der Waals surface area contributed by atoms with Crippen LogP contribution in [0.5, 0.6) is 0 Å². The van der Waals surface area contributed by atoms with E-state index in [4.69, 9.17) is 0 Å². The molecule has 0 fully saturated rings. The summed E-state index contributed by atoms with van der Waals surface area (Å²) in [7, 11) is 0. The molecule has 0 spiro atoms. The van der Waals surface area contributed by atoms with Crippen molar-refractivity contribution in [2.75, 3.05) is 5.32 Å². The molecule has 1 amide bonds. The summed E-state index contributed by atoms with van der Waals surface area (Å²) in [5.74, 6) is -0.669. The number of carbonyl (C=O) groups excluding carboxylic acids is 1. The SMILES string of the molecule is O=C(Nc1nc2ccccc2s1)c1cn(-c2ccccc2)nc1-c1ccc(F)cc1. The van der Waals surface area contributed by atoms with Crippen LogP contribution >= 0.6 is 11.3 Å². The second kappa shape index (κ2) is 7.53. The van der Waals surface area contributed by atoms with Gasteiger partial charge in [0.25, 0.3) is 5.91 Å². The lowest BCUT2D eigenvalue weighted by atomic mass is 10.1. The van der Waals surface area contributed by atoms with Gasteiger partial charge in [0.2, 0.25) is 0 Å². The molecule has 2 heterocycles. The van der Waals surface area contributed by atoms with Gasteiger partial charge in [0, 0.05) is 11.8 Å². The molecular formula is C23H15FN4OS. The molecule has 1 N–H and O–H groups in total.